The highest BCUT2D eigenvalue weighted by atomic mass is 14.7. The second-order valence-corrected chi connectivity index (χ2v) is 5.12. The summed E-state index contributed by atoms with van der Waals surface area (Å²) >= 11 is 0. The van der Waals surface area contributed by atoms with Crippen molar-refractivity contribution in [1.82, 2.24) is 9.97 Å². The molecule has 0 aliphatic carbocycles. The van der Waals surface area contributed by atoms with Crippen LogP contribution >= 0.6 is 0 Å². The van der Waals surface area contributed by atoms with E-state index >= 15 is 0 Å². The lowest BCUT2D eigenvalue weighted by Crippen LogP contribution is -1.88. The fourth-order valence-corrected chi connectivity index (χ4v) is 2.86. The molecule has 2 nitrogen and oxygen atoms in total. The van der Waals surface area contributed by atoms with E-state index in [1.807, 2.05) is 6.20 Å². The first-order chi connectivity index (χ1) is 9.25. The number of nitrogens with zero attached hydrogens (tertiary/aromatic N) is 1. The van der Waals surface area contributed by atoms with Crippen molar-refractivity contribution in [1.29, 1.82) is 0 Å². The number of benzene rings is 2. The molecular weight excluding hydrogens is 232 g/mol. The summed E-state index contributed by atoms with van der Waals surface area (Å²) in [6.45, 7) is 4.29. The first-order valence-corrected chi connectivity index (χ1v) is 6.51. The minimum Gasteiger partial charge on any atom is -0.354 e. The molecule has 19 heavy (non-hydrogen) atoms. The van der Waals surface area contributed by atoms with E-state index in [0.29, 0.717) is 0 Å². The van der Waals surface area contributed by atoms with Crippen molar-refractivity contribution in [2.45, 2.75) is 13.8 Å². The number of aryl methyl sites for hydroxylation is 2. The van der Waals surface area contributed by atoms with Crippen molar-refractivity contribution in [2.24, 2.45) is 0 Å². The number of nitrogens with one attached hydrogen (secondary N) is 1. The van der Waals surface area contributed by atoms with Gasteiger partial charge in [0.2, 0.25) is 0 Å². The molecule has 2 aromatic carbocycles. The molecule has 0 bridgehead atoms. The highest BCUT2D eigenvalue weighted by Crippen LogP contribution is 2.32. The molecule has 2 aromatic heterocycles. The lowest BCUT2D eigenvalue weighted by molar-refractivity contribution is 1.28. The van der Waals surface area contributed by atoms with Gasteiger partial charge in [0.1, 0.15) is 0 Å². The molecule has 0 aliphatic rings. The van der Waals surface area contributed by atoms with Gasteiger partial charge in [-0.3, -0.25) is 4.98 Å². The zero-order valence-corrected chi connectivity index (χ0v) is 11.0. The van der Waals surface area contributed by atoms with Gasteiger partial charge in [0.15, 0.2) is 0 Å². The first kappa shape index (κ1) is 10.6. The lowest BCUT2D eigenvalue weighted by atomic mass is 10.0. The molecule has 0 atom stereocenters. The lowest BCUT2D eigenvalue weighted by Gasteiger charge is -2.06. The van der Waals surface area contributed by atoms with E-state index in [1.165, 1.54) is 38.3 Å². The molecule has 4 rings (SSSR count). The summed E-state index contributed by atoms with van der Waals surface area (Å²) in [5, 5.41) is 3.80. The van der Waals surface area contributed by atoms with Gasteiger partial charge in [0.05, 0.1) is 11.0 Å². The second-order valence-electron chi connectivity index (χ2n) is 5.12. The molecule has 0 spiro atoms. The Hall–Kier alpha value is -2.35. The van der Waals surface area contributed by atoms with E-state index in [-0.39, 0.29) is 0 Å². The number of para-hydroxylation sites is 1. The number of fused-ring (bicyclic) bond motifs is 5. The SMILES string of the molecule is Cc1cnc2ccc3c4ccccc4[nH]c3c2c1C. The normalized spacial score (nSPS) is 11.7. The maximum absolute atomic E-state index is 4.54. The largest absolute Gasteiger partial charge is 0.354 e. The number of aromatic nitrogens is 2. The van der Waals surface area contributed by atoms with Crippen LogP contribution < -0.4 is 0 Å². The fourth-order valence-electron chi connectivity index (χ4n) is 2.86. The molecule has 0 saturated carbocycles. The molecule has 0 aliphatic heterocycles. The van der Waals surface area contributed by atoms with Gasteiger partial charge < -0.3 is 4.98 Å². The average molecular weight is 246 g/mol. The van der Waals surface area contributed by atoms with E-state index in [4.69, 9.17) is 0 Å². The summed E-state index contributed by atoms with van der Waals surface area (Å²) in [5.74, 6) is 0. The number of hydrogen-bond donors (Lipinski definition) is 1. The monoisotopic (exact) mass is 246 g/mol. The summed E-state index contributed by atoms with van der Waals surface area (Å²) in [5.41, 5.74) is 5.99. The van der Waals surface area contributed by atoms with E-state index < -0.39 is 0 Å². The van der Waals surface area contributed by atoms with E-state index in [2.05, 4.69) is 60.2 Å². The van der Waals surface area contributed by atoms with Crippen LogP contribution in [0, 0.1) is 13.8 Å². The van der Waals surface area contributed by atoms with Crippen molar-refractivity contribution in [3.05, 3.63) is 53.7 Å². The second kappa shape index (κ2) is 3.58. The Morgan fingerprint density at radius 3 is 2.68 bits per heavy atom. The quantitative estimate of drug-likeness (QED) is 0.486. The Morgan fingerprint density at radius 2 is 1.79 bits per heavy atom. The number of rotatable bonds is 0. The molecule has 0 unspecified atom stereocenters. The fraction of sp³-hybridized carbons (Fsp3) is 0.118. The molecule has 0 amide bonds. The van der Waals surface area contributed by atoms with Crippen LogP contribution in [0.2, 0.25) is 0 Å². The molecule has 1 N–H and O–H groups in total. The van der Waals surface area contributed by atoms with Gasteiger partial charge in [-0.15, -0.1) is 0 Å². The molecule has 0 radical (unpaired) electrons. The maximum Gasteiger partial charge on any atom is 0.0726 e. The van der Waals surface area contributed by atoms with Crippen LogP contribution in [0.25, 0.3) is 32.7 Å². The van der Waals surface area contributed by atoms with E-state index in [1.54, 1.807) is 0 Å². The van der Waals surface area contributed by atoms with Crippen molar-refractivity contribution in [2.75, 3.05) is 0 Å². The number of pyridine rings is 1. The van der Waals surface area contributed by atoms with Crippen molar-refractivity contribution in [3.63, 3.8) is 0 Å². The zero-order valence-electron chi connectivity index (χ0n) is 11.0. The van der Waals surface area contributed by atoms with Crippen LogP contribution in [0.4, 0.5) is 0 Å². The van der Waals surface area contributed by atoms with Gasteiger partial charge in [-0.1, -0.05) is 24.3 Å². The molecule has 4 aromatic rings. The van der Waals surface area contributed by atoms with Gasteiger partial charge in [-0.2, -0.15) is 0 Å². The minimum absolute atomic E-state index is 1.06. The Kier molecular flexibility index (Phi) is 1.99. The topological polar surface area (TPSA) is 28.7 Å². The van der Waals surface area contributed by atoms with Crippen LogP contribution in [-0.2, 0) is 0 Å². The summed E-state index contributed by atoms with van der Waals surface area (Å²) < 4.78 is 0. The highest BCUT2D eigenvalue weighted by molar-refractivity contribution is 6.17. The summed E-state index contributed by atoms with van der Waals surface area (Å²) in [6, 6.07) is 12.7. The van der Waals surface area contributed by atoms with Gasteiger partial charge in [0, 0.05) is 27.9 Å². The molecule has 92 valence electrons. The van der Waals surface area contributed by atoms with E-state index in [0.717, 1.165) is 5.52 Å². The van der Waals surface area contributed by atoms with Gasteiger partial charge in [0.25, 0.3) is 0 Å². The van der Waals surface area contributed by atoms with Crippen LogP contribution in [-0.4, -0.2) is 9.97 Å². The van der Waals surface area contributed by atoms with Crippen molar-refractivity contribution < 1.29 is 0 Å². The number of H-pyrrole nitrogens is 1. The molecule has 2 heterocycles. The smallest absolute Gasteiger partial charge is 0.0726 e. The predicted octanol–water partition coefficient (Wildman–Crippen LogP) is 4.49. The first-order valence-electron chi connectivity index (χ1n) is 6.51. The van der Waals surface area contributed by atoms with Gasteiger partial charge >= 0.3 is 0 Å². The Bertz CT molecular complexity index is 932. The third-order valence-electron chi connectivity index (χ3n) is 4.02. The summed E-state index contributed by atoms with van der Waals surface area (Å²) in [6.07, 6.45) is 1.95. The van der Waals surface area contributed by atoms with Crippen molar-refractivity contribution >= 4 is 32.7 Å². The van der Waals surface area contributed by atoms with E-state index in [9.17, 15) is 0 Å². The van der Waals surface area contributed by atoms with Crippen LogP contribution in [0.3, 0.4) is 0 Å². The summed E-state index contributed by atoms with van der Waals surface area (Å²) in [7, 11) is 0. The Labute approximate surface area is 111 Å². The van der Waals surface area contributed by atoms with Crippen LogP contribution in [0.5, 0.6) is 0 Å². The molecule has 0 saturated heterocycles. The summed E-state index contributed by atoms with van der Waals surface area (Å²) in [4.78, 5) is 8.09. The van der Waals surface area contributed by atoms with Gasteiger partial charge in [-0.25, -0.2) is 0 Å². The zero-order chi connectivity index (χ0) is 13.0. The molecule has 0 fully saturated rings. The van der Waals surface area contributed by atoms with Crippen LogP contribution in [0.15, 0.2) is 42.6 Å². The third kappa shape index (κ3) is 1.34. The molecular formula is C17H14N2. The van der Waals surface area contributed by atoms with Gasteiger partial charge in [-0.05, 0) is 37.1 Å². The highest BCUT2D eigenvalue weighted by Gasteiger charge is 2.10. The number of aromatic amines is 1. The third-order valence-corrected chi connectivity index (χ3v) is 4.02. The van der Waals surface area contributed by atoms with Crippen molar-refractivity contribution in [3.8, 4) is 0 Å². The average Bonchev–Trinajstić information content (AvgIpc) is 2.81. The minimum atomic E-state index is 1.06. The maximum atomic E-state index is 4.54. The Balaban J connectivity index is 2.34. The van der Waals surface area contributed by atoms with Crippen LogP contribution in [0.1, 0.15) is 11.1 Å². The Morgan fingerprint density at radius 1 is 0.947 bits per heavy atom. The predicted molar refractivity (Wildman–Crippen MR) is 80.6 cm³/mol. The standard InChI is InChI=1S/C17H14N2/c1-10-9-18-15-8-7-13-12-5-3-4-6-14(12)19-17(13)16(15)11(10)2/h3-9,19H,1-2H3. The molecule has 2 heteroatoms. The number of hydrogen-bond acceptors (Lipinski definition) is 1.